The molecule has 0 aliphatic carbocycles. The van der Waals surface area contributed by atoms with E-state index >= 15 is 0 Å². The number of aryl methyl sites for hydroxylation is 1. The van der Waals surface area contributed by atoms with E-state index in [1.807, 2.05) is 31.2 Å². The lowest BCUT2D eigenvalue weighted by Gasteiger charge is -2.16. The van der Waals surface area contributed by atoms with Crippen molar-refractivity contribution in [1.29, 1.82) is 0 Å². The lowest BCUT2D eigenvalue weighted by Crippen LogP contribution is -2.17. The lowest BCUT2D eigenvalue weighted by molar-refractivity contribution is 0.0527. The van der Waals surface area contributed by atoms with Crippen molar-refractivity contribution in [3.8, 4) is 16.9 Å². The molecule has 12 heteroatoms. The molecule has 0 aliphatic rings. The molecule has 0 saturated carbocycles. The van der Waals surface area contributed by atoms with Gasteiger partial charge >= 0.3 is 5.97 Å². The van der Waals surface area contributed by atoms with Gasteiger partial charge in [0, 0.05) is 12.6 Å². The van der Waals surface area contributed by atoms with Crippen LogP contribution in [0.5, 0.6) is 5.75 Å². The predicted octanol–water partition coefficient (Wildman–Crippen LogP) is 4.86. The van der Waals surface area contributed by atoms with E-state index in [2.05, 4.69) is 36.1 Å². The summed E-state index contributed by atoms with van der Waals surface area (Å²) in [6.07, 6.45) is 2.79. The summed E-state index contributed by atoms with van der Waals surface area (Å²) in [4.78, 5) is 32.8. The van der Waals surface area contributed by atoms with E-state index in [0.717, 1.165) is 16.7 Å². The zero-order valence-electron chi connectivity index (χ0n) is 21.2. The molecule has 0 aliphatic heterocycles. The van der Waals surface area contributed by atoms with Crippen LogP contribution in [0, 0.1) is 6.92 Å². The SMILES string of the molecule is CCOC(=O)c1cn[nH]c1Nc1nc(Nc2cc(C)c(-c3ccc(C(=O)NC)cc3)cc2OC)ncc1Cl. The van der Waals surface area contributed by atoms with Crippen LogP contribution in [0.2, 0.25) is 5.02 Å². The molecule has 0 spiro atoms. The summed E-state index contributed by atoms with van der Waals surface area (Å²) in [7, 11) is 3.16. The van der Waals surface area contributed by atoms with E-state index in [-0.39, 0.29) is 40.7 Å². The van der Waals surface area contributed by atoms with Gasteiger partial charge in [0.1, 0.15) is 22.2 Å². The number of anilines is 4. The summed E-state index contributed by atoms with van der Waals surface area (Å²) in [5.74, 6) is 0.669. The monoisotopic (exact) mass is 535 g/mol. The van der Waals surface area contributed by atoms with Gasteiger partial charge in [0.25, 0.3) is 5.91 Å². The number of halogens is 1. The molecular formula is C26H26ClN7O4. The van der Waals surface area contributed by atoms with Crippen LogP contribution in [-0.2, 0) is 4.74 Å². The van der Waals surface area contributed by atoms with Gasteiger partial charge in [0.2, 0.25) is 5.95 Å². The fourth-order valence-corrected chi connectivity index (χ4v) is 3.85. The smallest absolute Gasteiger partial charge is 0.343 e. The van der Waals surface area contributed by atoms with Gasteiger partial charge in [-0.2, -0.15) is 10.1 Å². The second-order valence-corrected chi connectivity index (χ2v) is 8.45. The molecule has 0 saturated heterocycles. The Bertz CT molecular complexity index is 1470. The Labute approximate surface area is 223 Å². The predicted molar refractivity (Wildman–Crippen MR) is 145 cm³/mol. The quantitative estimate of drug-likeness (QED) is 0.221. The van der Waals surface area contributed by atoms with E-state index in [9.17, 15) is 9.59 Å². The Morgan fingerprint density at radius 2 is 1.87 bits per heavy atom. The number of methoxy groups -OCH3 is 1. The van der Waals surface area contributed by atoms with Gasteiger partial charge in [-0.3, -0.25) is 9.89 Å². The molecule has 4 rings (SSSR count). The molecular weight excluding hydrogens is 510 g/mol. The van der Waals surface area contributed by atoms with Gasteiger partial charge in [0.15, 0.2) is 5.82 Å². The van der Waals surface area contributed by atoms with Gasteiger partial charge in [-0.05, 0) is 54.8 Å². The normalized spacial score (nSPS) is 10.6. The standard InChI is InChI=1S/C26H26ClN7O4/c1-5-38-25(36)18-12-30-34-22(18)32-23-19(27)13-29-26(33-23)31-20-10-14(2)17(11-21(20)37-4)15-6-8-16(9-7-15)24(35)28-3/h6-13H,5H2,1-4H3,(H,28,35)(H3,29,30,31,32,33,34). The summed E-state index contributed by atoms with van der Waals surface area (Å²) < 4.78 is 10.7. The zero-order valence-corrected chi connectivity index (χ0v) is 21.9. The Morgan fingerprint density at radius 3 is 2.55 bits per heavy atom. The Hall–Kier alpha value is -4.64. The first-order valence-electron chi connectivity index (χ1n) is 11.6. The van der Waals surface area contributed by atoms with Crippen molar-refractivity contribution in [1.82, 2.24) is 25.5 Å². The molecule has 1 amide bonds. The minimum Gasteiger partial charge on any atom is -0.495 e. The van der Waals surface area contributed by atoms with Crippen LogP contribution in [0.15, 0.2) is 48.8 Å². The maximum Gasteiger partial charge on any atom is 0.343 e. The Kier molecular flexibility index (Phi) is 8.07. The molecule has 2 aromatic heterocycles. The summed E-state index contributed by atoms with van der Waals surface area (Å²) >= 11 is 6.31. The number of nitrogens with zero attached hydrogens (tertiary/aromatic N) is 3. The first-order valence-corrected chi connectivity index (χ1v) is 12.0. The molecule has 0 radical (unpaired) electrons. The third-order valence-corrected chi connectivity index (χ3v) is 5.88. The number of aromatic amines is 1. The highest BCUT2D eigenvalue weighted by molar-refractivity contribution is 6.33. The molecule has 2 aromatic carbocycles. The maximum atomic E-state index is 12.2. The highest BCUT2D eigenvalue weighted by Crippen LogP contribution is 2.36. The van der Waals surface area contributed by atoms with Crippen LogP contribution in [0.1, 0.15) is 33.2 Å². The van der Waals surface area contributed by atoms with Crippen LogP contribution < -0.4 is 20.7 Å². The Balaban J connectivity index is 1.60. The van der Waals surface area contributed by atoms with Crippen molar-refractivity contribution in [2.24, 2.45) is 0 Å². The Morgan fingerprint density at radius 1 is 1.11 bits per heavy atom. The van der Waals surface area contributed by atoms with Gasteiger partial charge in [-0.25, -0.2) is 9.78 Å². The number of carbonyl (C=O) groups is 2. The molecule has 11 nitrogen and oxygen atoms in total. The first kappa shape index (κ1) is 26.4. The highest BCUT2D eigenvalue weighted by atomic mass is 35.5. The van der Waals surface area contributed by atoms with Crippen LogP contribution in [0.4, 0.5) is 23.3 Å². The molecule has 0 bridgehead atoms. The minimum absolute atomic E-state index is 0.146. The number of benzene rings is 2. The summed E-state index contributed by atoms with van der Waals surface area (Å²) in [5.41, 5.74) is 4.27. The molecule has 38 heavy (non-hydrogen) atoms. The number of esters is 1. The third-order valence-electron chi connectivity index (χ3n) is 5.60. The van der Waals surface area contributed by atoms with Crippen molar-refractivity contribution in [3.63, 3.8) is 0 Å². The van der Waals surface area contributed by atoms with E-state index in [1.165, 1.54) is 12.4 Å². The third kappa shape index (κ3) is 5.68. The van der Waals surface area contributed by atoms with Gasteiger partial charge < -0.3 is 25.4 Å². The second-order valence-electron chi connectivity index (χ2n) is 8.04. The first-order chi connectivity index (χ1) is 18.3. The number of aromatic nitrogens is 4. The van der Waals surface area contributed by atoms with Gasteiger partial charge in [-0.1, -0.05) is 23.7 Å². The van der Waals surface area contributed by atoms with E-state index < -0.39 is 5.97 Å². The van der Waals surface area contributed by atoms with Crippen LogP contribution in [0.25, 0.3) is 11.1 Å². The molecule has 196 valence electrons. The van der Waals surface area contributed by atoms with Crippen LogP contribution >= 0.6 is 11.6 Å². The number of nitrogens with one attached hydrogen (secondary N) is 4. The van der Waals surface area contributed by atoms with Crippen molar-refractivity contribution < 1.29 is 19.1 Å². The number of carbonyl (C=O) groups excluding carboxylic acids is 2. The van der Waals surface area contributed by atoms with Gasteiger partial charge in [0.05, 0.1) is 31.8 Å². The average molecular weight is 536 g/mol. The summed E-state index contributed by atoms with van der Waals surface area (Å²) in [6.45, 7) is 3.92. The topological polar surface area (TPSA) is 143 Å². The summed E-state index contributed by atoms with van der Waals surface area (Å²) in [5, 5.41) is 15.6. The number of rotatable bonds is 9. The second kappa shape index (κ2) is 11.6. The molecule has 0 fully saturated rings. The fourth-order valence-electron chi connectivity index (χ4n) is 3.71. The largest absolute Gasteiger partial charge is 0.495 e. The number of ether oxygens (including phenoxy) is 2. The molecule has 2 heterocycles. The van der Waals surface area contributed by atoms with Gasteiger partial charge in [-0.15, -0.1) is 0 Å². The van der Waals surface area contributed by atoms with Crippen LogP contribution in [0.3, 0.4) is 0 Å². The van der Waals surface area contributed by atoms with Crippen molar-refractivity contribution >= 4 is 46.7 Å². The van der Waals surface area contributed by atoms with Crippen molar-refractivity contribution in [2.45, 2.75) is 13.8 Å². The minimum atomic E-state index is -0.532. The van der Waals surface area contributed by atoms with Crippen molar-refractivity contribution in [3.05, 3.63) is 70.5 Å². The lowest BCUT2D eigenvalue weighted by atomic mass is 9.98. The number of hydrogen-bond donors (Lipinski definition) is 4. The summed E-state index contributed by atoms with van der Waals surface area (Å²) in [6, 6.07) is 11.1. The molecule has 0 unspecified atom stereocenters. The van der Waals surface area contributed by atoms with Crippen molar-refractivity contribution in [2.75, 3.05) is 31.4 Å². The van der Waals surface area contributed by atoms with E-state index in [0.29, 0.717) is 17.0 Å². The average Bonchev–Trinajstić information content (AvgIpc) is 3.39. The van der Waals surface area contributed by atoms with Crippen LogP contribution in [-0.4, -0.2) is 52.8 Å². The number of hydrogen-bond acceptors (Lipinski definition) is 9. The maximum absolute atomic E-state index is 12.2. The molecule has 0 atom stereocenters. The molecule has 4 aromatic rings. The zero-order chi connectivity index (χ0) is 27.2. The molecule has 4 N–H and O–H groups in total. The van der Waals surface area contributed by atoms with E-state index in [4.69, 9.17) is 21.1 Å². The number of H-pyrrole nitrogens is 1. The van der Waals surface area contributed by atoms with E-state index in [1.54, 1.807) is 33.2 Å². The fraction of sp³-hybridized carbons (Fsp3) is 0.192. The number of amides is 1. The highest BCUT2D eigenvalue weighted by Gasteiger charge is 2.18.